The first-order valence-electron chi connectivity index (χ1n) is 9.57. The van der Waals surface area contributed by atoms with E-state index in [-0.39, 0.29) is 5.78 Å². The molecule has 1 heterocycles. The number of Topliss-reactive ketones (excluding diaryl/α,β-unsaturated/α-hetero) is 1. The van der Waals surface area contributed by atoms with Gasteiger partial charge in [0, 0.05) is 23.4 Å². The Kier molecular flexibility index (Phi) is 7.30. The summed E-state index contributed by atoms with van der Waals surface area (Å²) in [5.74, 6) is 3.33. The van der Waals surface area contributed by atoms with Crippen LogP contribution in [0.3, 0.4) is 0 Å². The van der Waals surface area contributed by atoms with Crippen molar-refractivity contribution >= 4 is 17.5 Å². The maximum absolute atomic E-state index is 11.2. The third kappa shape index (κ3) is 5.38. The highest BCUT2D eigenvalue weighted by Crippen LogP contribution is 2.30. The van der Waals surface area contributed by atoms with Gasteiger partial charge in [-0.1, -0.05) is 23.9 Å². The van der Waals surface area contributed by atoms with Crippen LogP contribution in [0.1, 0.15) is 26.7 Å². The smallest absolute Gasteiger partial charge is 0.196 e. The fraction of sp³-hybridized carbons (Fsp3) is 0.318. The van der Waals surface area contributed by atoms with Crippen LogP contribution in [-0.4, -0.2) is 40.0 Å². The van der Waals surface area contributed by atoms with Crippen molar-refractivity contribution < 1.29 is 14.3 Å². The van der Waals surface area contributed by atoms with Crippen LogP contribution in [0.15, 0.2) is 53.7 Å². The first kappa shape index (κ1) is 20.9. The monoisotopic (exact) mass is 411 g/mol. The second kappa shape index (κ2) is 10.1. The van der Waals surface area contributed by atoms with E-state index in [0.29, 0.717) is 13.0 Å². The molecule has 29 heavy (non-hydrogen) atoms. The molecule has 0 atom stereocenters. The molecule has 3 aromatic rings. The van der Waals surface area contributed by atoms with Crippen molar-refractivity contribution in [2.24, 2.45) is 0 Å². The van der Waals surface area contributed by atoms with Crippen LogP contribution >= 0.6 is 11.8 Å². The van der Waals surface area contributed by atoms with Gasteiger partial charge in [0.2, 0.25) is 0 Å². The fourth-order valence-electron chi connectivity index (χ4n) is 2.89. The number of hydrogen-bond acceptors (Lipinski definition) is 6. The average molecular weight is 412 g/mol. The molecule has 1 aromatic heterocycles. The number of ether oxygens (including phenoxy) is 2. The Balaban J connectivity index is 1.96. The summed E-state index contributed by atoms with van der Waals surface area (Å²) in [5, 5.41) is 9.66. The lowest BCUT2D eigenvalue weighted by Crippen LogP contribution is -2.01. The average Bonchev–Trinajstić information content (AvgIpc) is 3.16. The van der Waals surface area contributed by atoms with E-state index < -0.39 is 0 Å². The summed E-state index contributed by atoms with van der Waals surface area (Å²) >= 11 is 1.60. The lowest BCUT2D eigenvalue weighted by molar-refractivity contribution is -0.117. The Hall–Kier alpha value is -2.80. The standard InChI is InChI=1S/C22H25N3O3S/c1-4-28-19-12-10-18(11-13-19)25-21(17-8-5-9-20(15-17)27-3)23-24-22(25)29-14-6-7-16(2)26/h5,8-13,15H,4,6-7,14H2,1-3H3. The summed E-state index contributed by atoms with van der Waals surface area (Å²) in [6.07, 6.45) is 1.39. The maximum atomic E-state index is 11.2. The van der Waals surface area contributed by atoms with Crippen LogP contribution in [0.5, 0.6) is 11.5 Å². The van der Waals surface area contributed by atoms with E-state index in [2.05, 4.69) is 10.2 Å². The molecule has 3 rings (SSSR count). The van der Waals surface area contributed by atoms with Gasteiger partial charge in [0.1, 0.15) is 17.3 Å². The summed E-state index contributed by atoms with van der Waals surface area (Å²) in [6, 6.07) is 15.6. The summed E-state index contributed by atoms with van der Waals surface area (Å²) < 4.78 is 13.0. The number of benzene rings is 2. The lowest BCUT2D eigenvalue weighted by Gasteiger charge is -2.12. The molecule has 0 fully saturated rings. The van der Waals surface area contributed by atoms with Crippen molar-refractivity contribution in [2.45, 2.75) is 31.8 Å². The Morgan fingerprint density at radius 3 is 2.59 bits per heavy atom. The molecule has 0 aliphatic rings. The minimum absolute atomic E-state index is 0.204. The number of nitrogens with zero attached hydrogens (tertiary/aromatic N) is 3. The molecule has 2 aromatic carbocycles. The van der Waals surface area contributed by atoms with Crippen molar-refractivity contribution in [1.82, 2.24) is 14.8 Å². The Morgan fingerprint density at radius 1 is 1.10 bits per heavy atom. The highest BCUT2D eigenvalue weighted by molar-refractivity contribution is 7.99. The van der Waals surface area contributed by atoms with E-state index in [9.17, 15) is 4.79 Å². The van der Waals surface area contributed by atoms with E-state index in [1.165, 1.54) is 0 Å². The molecule has 0 radical (unpaired) electrons. The van der Waals surface area contributed by atoms with Gasteiger partial charge < -0.3 is 14.3 Å². The van der Waals surface area contributed by atoms with Gasteiger partial charge in [-0.25, -0.2) is 0 Å². The van der Waals surface area contributed by atoms with Gasteiger partial charge in [0.25, 0.3) is 0 Å². The number of thioether (sulfide) groups is 1. The molecule has 0 bridgehead atoms. The predicted molar refractivity (Wildman–Crippen MR) is 115 cm³/mol. The lowest BCUT2D eigenvalue weighted by atomic mass is 10.2. The fourth-order valence-corrected chi connectivity index (χ4v) is 3.78. The normalized spacial score (nSPS) is 10.7. The van der Waals surface area contributed by atoms with Gasteiger partial charge in [-0.3, -0.25) is 4.57 Å². The molecule has 0 unspecified atom stereocenters. The van der Waals surface area contributed by atoms with Crippen LogP contribution in [0, 0.1) is 0 Å². The minimum atomic E-state index is 0.204. The molecule has 7 heteroatoms. The number of aromatic nitrogens is 3. The molecule has 0 N–H and O–H groups in total. The van der Waals surface area contributed by atoms with E-state index in [0.717, 1.165) is 45.9 Å². The van der Waals surface area contributed by atoms with Crippen LogP contribution in [0.25, 0.3) is 17.1 Å². The number of carbonyl (C=O) groups is 1. The zero-order valence-electron chi connectivity index (χ0n) is 16.9. The van der Waals surface area contributed by atoms with E-state index in [4.69, 9.17) is 9.47 Å². The molecule has 152 valence electrons. The molecule has 0 spiro atoms. The number of ketones is 1. The number of hydrogen-bond donors (Lipinski definition) is 0. The second-order valence-electron chi connectivity index (χ2n) is 6.45. The molecule has 6 nitrogen and oxygen atoms in total. The third-order valence-corrected chi connectivity index (χ3v) is 5.29. The Bertz CT molecular complexity index is 954. The van der Waals surface area contributed by atoms with Crippen molar-refractivity contribution in [3.05, 3.63) is 48.5 Å². The van der Waals surface area contributed by atoms with Crippen LogP contribution < -0.4 is 9.47 Å². The van der Waals surface area contributed by atoms with Crippen LogP contribution in [0.4, 0.5) is 0 Å². The third-order valence-electron chi connectivity index (χ3n) is 4.27. The largest absolute Gasteiger partial charge is 0.497 e. The number of methoxy groups -OCH3 is 1. The van der Waals surface area contributed by atoms with Gasteiger partial charge in [-0.05, 0) is 56.7 Å². The predicted octanol–water partition coefficient (Wildman–Crippen LogP) is 4.80. The van der Waals surface area contributed by atoms with Crippen molar-refractivity contribution in [1.29, 1.82) is 0 Å². The van der Waals surface area contributed by atoms with Gasteiger partial charge >= 0.3 is 0 Å². The van der Waals surface area contributed by atoms with E-state index in [1.807, 2.05) is 60.0 Å². The maximum Gasteiger partial charge on any atom is 0.196 e. The van der Waals surface area contributed by atoms with Crippen molar-refractivity contribution in [2.75, 3.05) is 19.5 Å². The zero-order chi connectivity index (χ0) is 20.6. The summed E-state index contributed by atoms with van der Waals surface area (Å²) in [7, 11) is 1.65. The van der Waals surface area contributed by atoms with E-state index in [1.54, 1.807) is 25.8 Å². The SMILES string of the molecule is CCOc1ccc(-n2c(SCCCC(C)=O)nnc2-c2cccc(OC)c2)cc1. The molecule has 0 aliphatic carbocycles. The van der Waals surface area contributed by atoms with Crippen molar-refractivity contribution in [3.8, 4) is 28.6 Å². The quantitative estimate of drug-likeness (QED) is 0.353. The molecule has 0 saturated heterocycles. The molecule has 0 aliphatic heterocycles. The zero-order valence-corrected chi connectivity index (χ0v) is 17.7. The van der Waals surface area contributed by atoms with Gasteiger partial charge in [0.05, 0.1) is 13.7 Å². The molecule has 0 saturated carbocycles. The molecular formula is C22H25N3O3S. The Labute approximate surface area is 175 Å². The van der Waals surface area contributed by atoms with Gasteiger partial charge in [-0.2, -0.15) is 0 Å². The second-order valence-corrected chi connectivity index (χ2v) is 7.52. The molecule has 0 amide bonds. The summed E-state index contributed by atoms with van der Waals surface area (Å²) in [4.78, 5) is 11.2. The summed E-state index contributed by atoms with van der Waals surface area (Å²) in [5.41, 5.74) is 1.87. The first-order valence-corrected chi connectivity index (χ1v) is 10.6. The minimum Gasteiger partial charge on any atom is -0.497 e. The Morgan fingerprint density at radius 2 is 1.90 bits per heavy atom. The van der Waals surface area contributed by atoms with Gasteiger partial charge in [0.15, 0.2) is 11.0 Å². The van der Waals surface area contributed by atoms with Crippen LogP contribution in [-0.2, 0) is 4.79 Å². The summed E-state index contributed by atoms with van der Waals surface area (Å²) in [6.45, 7) is 4.21. The highest BCUT2D eigenvalue weighted by atomic mass is 32.2. The first-order chi connectivity index (χ1) is 14.1. The van der Waals surface area contributed by atoms with Crippen molar-refractivity contribution in [3.63, 3.8) is 0 Å². The topological polar surface area (TPSA) is 66.2 Å². The highest BCUT2D eigenvalue weighted by Gasteiger charge is 2.17. The molecular weight excluding hydrogens is 386 g/mol. The number of carbonyl (C=O) groups excluding carboxylic acids is 1. The van der Waals surface area contributed by atoms with Gasteiger partial charge in [-0.15, -0.1) is 10.2 Å². The van der Waals surface area contributed by atoms with E-state index >= 15 is 0 Å². The number of rotatable bonds is 10. The van der Waals surface area contributed by atoms with Crippen LogP contribution in [0.2, 0.25) is 0 Å².